The third-order valence-corrected chi connectivity index (χ3v) is 3.22. The molecular weight excluding hydrogens is 292 g/mol. The van der Waals surface area contributed by atoms with E-state index in [0.29, 0.717) is 11.6 Å². The molecular formula is C16H16N6O. The highest BCUT2D eigenvalue weighted by atomic mass is 16.3. The highest BCUT2D eigenvalue weighted by Crippen LogP contribution is 2.28. The van der Waals surface area contributed by atoms with Gasteiger partial charge in [-0.05, 0) is 42.8 Å². The zero-order valence-corrected chi connectivity index (χ0v) is 12.5. The van der Waals surface area contributed by atoms with E-state index in [0.717, 1.165) is 22.2 Å². The SMILES string of the molecule is Cc1cc(-c2nc3ccccc3o2)ccc1N=C(N)N=C(N)N. The van der Waals surface area contributed by atoms with Crippen LogP contribution in [0.4, 0.5) is 5.69 Å². The van der Waals surface area contributed by atoms with Gasteiger partial charge in [-0.15, -0.1) is 0 Å². The Kier molecular flexibility index (Phi) is 3.68. The van der Waals surface area contributed by atoms with Crippen molar-refractivity contribution in [2.24, 2.45) is 27.2 Å². The van der Waals surface area contributed by atoms with E-state index in [-0.39, 0.29) is 11.9 Å². The smallest absolute Gasteiger partial charge is 0.227 e. The van der Waals surface area contributed by atoms with Gasteiger partial charge in [0.15, 0.2) is 11.5 Å². The lowest BCUT2D eigenvalue weighted by molar-refractivity contribution is 0.620. The first-order valence-electron chi connectivity index (χ1n) is 6.93. The van der Waals surface area contributed by atoms with E-state index in [2.05, 4.69) is 15.0 Å². The molecule has 1 heterocycles. The molecule has 0 saturated heterocycles. The van der Waals surface area contributed by atoms with Gasteiger partial charge < -0.3 is 21.6 Å². The lowest BCUT2D eigenvalue weighted by Crippen LogP contribution is -2.26. The molecule has 0 amide bonds. The van der Waals surface area contributed by atoms with E-state index >= 15 is 0 Å². The van der Waals surface area contributed by atoms with E-state index in [1.165, 1.54) is 0 Å². The average molecular weight is 308 g/mol. The molecule has 23 heavy (non-hydrogen) atoms. The van der Waals surface area contributed by atoms with Gasteiger partial charge in [0, 0.05) is 5.56 Å². The first-order chi connectivity index (χ1) is 11.0. The fourth-order valence-electron chi connectivity index (χ4n) is 2.19. The minimum atomic E-state index is -0.132. The standard InChI is InChI=1S/C16H16N6O/c1-9-8-10(6-7-11(9)21-16(19)22-15(17)18)14-20-12-4-2-3-5-13(12)23-14/h2-8H,1H3,(H6,17,18,19,21,22). The predicted octanol–water partition coefficient (Wildman–Crippen LogP) is 2.02. The van der Waals surface area contributed by atoms with Crippen molar-refractivity contribution in [3.63, 3.8) is 0 Å². The molecule has 6 N–H and O–H groups in total. The van der Waals surface area contributed by atoms with Crippen molar-refractivity contribution in [3.05, 3.63) is 48.0 Å². The van der Waals surface area contributed by atoms with Gasteiger partial charge in [-0.2, -0.15) is 4.99 Å². The quantitative estimate of drug-likeness (QED) is 0.492. The van der Waals surface area contributed by atoms with Crippen LogP contribution < -0.4 is 17.2 Å². The summed E-state index contributed by atoms with van der Waals surface area (Å²) >= 11 is 0. The molecule has 116 valence electrons. The van der Waals surface area contributed by atoms with Crippen molar-refractivity contribution in [2.75, 3.05) is 0 Å². The van der Waals surface area contributed by atoms with Gasteiger partial charge in [0.05, 0.1) is 5.69 Å². The predicted molar refractivity (Wildman–Crippen MR) is 91.3 cm³/mol. The van der Waals surface area contributed by atoms with Crippen molar-refractivity contribution in [1.82, 2.24) is 4.98 Å². The van der Waals surface area contributed by atoms with Crippen LogP contribution in [0.5, 0.6) is 0 Å². The number of hydrogen-bond donors (Lipinski definition) is 3. The summed E-state index contributed by atoms with van der Waals surface area (Å²) in [5, 5.41) is 0. The Morgan fingerprint density at radius 1 is 1.09 bits per heavy atom. The Morgan fingerprint density at radius 2 is 1.87 bits per heavy atom. The number of fused-ring (bicyclic) bond motifs is 1. The number of aromatic nitrogens is 1. The molecule has 3 aromatic rings. The number of aliphatic imine (C=N–C) groups is 2. The molecule has 7 heteroatoms. The van der Waals surface area contributed by atoms with Gasteiger partial charge in [0.1, 0.15) is 5.52 Å². The molecule has 0 aliphatic rings. The van der Waals surface area contributed by atoms with Gasteiger partial charge in [-0.25, -0.2) is 9.98 Å². The molecule has 7 nitrogen and oxygen atoms in total. The maximum Gasteiger partial charge on any atom is 0.227 e. The number of guanidine groups is 2. The molecule has 0 aliphatic carbocycles. The van der Waals surface area contributed by atoms with E-state index in [1.54, 1.807) is 0 Å². The fraction of sp³-hybridized carbons (Fsp3) is 0.0625. The van der Waals surface area contributed by atoms with Crippen LogP contribution in [0.2, 0.25) is 0 Å². The Hall–Kier alpha value is -3.35. The largest absolute Gasteiger partial charge is 0.436 e. The average Bonchev–Trinajstić information content (AvgIpc) is 2.92. The maximum absolute atomic E-state index is 5.76. The zero-order chi connectivity index (χ0) is 16.4. The second-order valence-corrected chi connectivity index (χ2v) is 4.99. The Labute approximate surface area is 132 Å². The summed E-state index contributed by atoms with van der Waals surface area (Å²) < 4.78 is 5.76. The summed E-state index contributed by atoms with van der Waals surface area (Å²) in [6.45, 7) is 1.91. The first-order valence-corrected chi connectivity index (χ1v) is 6.93. The summed E-state index contributed by atoms with van der Waals surface area (Å²) in [5.74, 6) is 0.428. The lowest BCUT2D eigenvalue weighted by atomic mass is 10.1. The number of rotatable bonds is 2. The van der Waals surface area contributed by atoms with Crippen molar-refractivity contribution < 1.29 is 4.42 Å². The number of para-hydroxylation sites is 2. The second-order valence-electron chi connectivity index (χ2n) is 4.99. The number of nitrogens with two attached hydrogens (primary N) is 3. The van der Waals surface area contributed by atoms with Crippen molar-refractivity contribution >= 4 is 28.7 Å². The van der Waals surface area contributed by atoms with Crippen LogP contribution in [0.3, 0.4) is 0 Å². The van der Waals surface area contributed by atoms with Crippen LogP contribution in [0.15, 0.2) is 56.9 Å². The Morgan fingerprint density at radius 3 is 2.57 bits per heavy atom. The normalized spacial score (nSPS) is 11.6. The summed E-state index contributed by atoms with van der Waals surface area (Å²) in [7, 11) is 0. The second kappa shape index (κ2) is 5.80. The molecule has 0 atom stereocenters. The molecule has 2 aromatic carbocycles. The molecule has 0 spiro atoms. The highest BCUT2D eigenvalue weighted by molar-refractivity contribution is 5.93. The maximum atomic E-state index is 5.76. The summed E-state index contributed by atoms with van der Waals surface area (Å²) in [6.07, 6.45) is 0. The van der Waals surface area contributed by atoms with Crippen LogP contribution >= 0.6 is 0 Å². The molecule has 0 unspecified atom stereocenters. The van der Waals surface area contributed by atoms with Gasteiger partial charge in [0.2, 0.25) is 11.9 Å². The van der Waals surface area contributed by atoms with Crippen molar-refractivity contribution in [2.45, 2.75) is 6.92 Å². The van der Waals surface area contributed by atoms with Gasteiger partial charge in [-0.1, -0.05) is 12.1 Å². The molecule has 0 aliphatic heterocycles. The highest BCUT2D eigenvalue weighted by Gasteiger charge is 2.09. The monoisotopic (exact) mass is 308 g/mol. The van der Waals surface area contributed by atoms with Crippen LogP contribution in [0, 0.1) is 6.92 Å². The summed E-state index contributed by atoms with van der Waals surface area (Å²) in [6, 6.07) is 13.2. The lowest BCUT2D eigenvalue weighted by Gasteiger charge is -2.03. The fourth-order valence-corrected chi connectivity index (χ4v) is 2.19. The zero-order valence-electron chi connectivity index (χ0n) is 12.5. The van der Waals surface area contributed by atoms with E-state index in [9.17, 15) is 0 Å². The van der Waals surface area contributed by atoms with E-state index < -0.39 is 0 Å². The third-order valence-electron chi connectivity index (χ3n) is 3.22. The van der Waals surface area contributed by atoms with Gasteiger partial charge in [0.25, 0.3) is 0 Å². The molecule has 0 fully saturated rings. The number of benzene rings is 2. The summed E-state index contributed by atoms with van der Waals surface area (Å²) in [4.78, 5) is 12.3. The van der Waals surface area contributed by atoms with Crippen molar-refractivity contribution in [3.8, 4) is 11.5 Å². The molecule has 0 saturated carbocycles. The van der Waals surface area contributed by atoms with Crippen LogP contribution in [0.25, 0.3) is 22.6 Å². The van der Waals surface area contributed by atoms with E-state index in [1.807, 2.05) is 49.4 Å². The molecule has 1 aromatic heterocycles. The minimum Gasteiger partial charge on any atom is -0.436 e. The van der Waals surface area contributed by atoms with Gasteiger partial charge in [-0.3, -0.25) is 0 Å². The topological polar surface area (TPSA) is 129 Å². The van der Waals surface area contributed by atoms with Gasteiger partial charge >= 0.3 is 0 Å². The third kappa shape index (κ3) is 3.13. The van der Waals surface area contributed by atoms with E-state index in [4.69, 9.17) is 21.6 Å². The van der Waals surface area contributed by atoms with Crippen LogP contribution in [0.1, 0.15) is 5.56 Å². The molecule has 0 bridgehead atoms. The minimum absolute atomic E-state index is 0.00251. The van der Waals surface area contributed by atoms with Crippen LogP contribution in [-0.2, 0) is 0 Å². The number of nitrogens with zero attached hydrogens (tertiary/aromatic N) is 3. The summed E-state index contributed by atoms with van der Waals surface area (Å²) in [5.41, 5.74) is 20.2. The molecule has 3 rings (SSSR count). The molecule has 0 radical (unpaired) electrons. The Balaban J connectivity index is 1.97. The van der Waals surface area contributed by atoms with Crippen LogP contribution in [-0.4, -0.2) is 16.9 Å². The number of oxazole rings is 1. The Bertz CT molecular complexity index is 888. The number of aryl methyl sites for hydroxylation is 1. The number of hydrogen-bond acceptors (Lipinski definition) is 3. The van der Waals surface area contributed by atoms with Crippen molar-refractivity contribution in [1.29, 1.82) is 0 Å². The first kappa shape index (κ1) is 14.6.